The predicted octanol–water partition coefficient (Wildman–Crippen LogP) is 1.39. The van der Waals surface area contributed by atoms with Crippen molar-refractivity contribution in [2.24, 2.45) is 5.73 Å². The van der Waals surface area contributed by atoms with Gasteiger partial charge in [-0.3, -0.25) is 19.3 Å². The van der Waals surface area contributed by atoms with Gasteiger partial charge in [-0.05, 0) is 48.4 Å². The van der Waals surface area contributed by atoms with Crippen LogP contribution in [0, 0.1) is 0 Å². The molecule has 0 radical (unpaired) electrons. The molecule has 1 aromatic rings. The fourth-order valence-corrected chi connectivity index (χ4v) is 3.88. The average molecular weight is 391 g/mol. The van der Waals surface area contributed by atoms with E-state index in [2.05, 4.69) is 0 Å². The number of nitrogens with zero attached hydrogens (tertiary/aromatic N) is 2. The van der Waals surface area contributed by atoms with Crippen LogP contribution in [-0.4, -0.2) is 64.7 Å². The molecular formula is C18H21N3O5S. The molecular weight excluding hydrogens is 370 g/mol. The van der Waals surface area contributed by atoms with Gasteiger partial charge >= 0.3 is 0 Å². The summed E-state index contributed by atoms with van der Waals surface area (Å²) in [6.45, 7) is 0.748. The Morgan fingerprint density at radius 2 is 2.22 bits per heavy atom. The first-order valence-electron chi connectivity index (χ1n) is 8.54. The molecule has 0 aliphatic carbocycles. The molecule has 2 aliphatic rings. The molecule has 1 atom stereocenters. The minimum absolute atomic E-state index is 0.0203. The minimum Gasteiger partial charge on any atom is -0.504 e. The van der Waals surface area contributed by atoms with Crippen LogP contribution in [0.2, 0.25) is 0 Å². The van der Waals surface area contributed by atoms with Crippen LogP contribution >= 0.6 is 11.8 Å². The van der Waals surface area contributed by atoms with Gasteiger partial charge in [-0.15, -0.1) is 0 Å². The highest BCUT2D eigenvalue weighted by molar-refractivity contribution is 8.18. The van der Waals surface area contributed by atoms with Crippen LogP contribution in [0.3, 0.4) is 0 Å². The third-order valence-corrected chi connectivity index (χ3v) is 5.39. The number of likely N-dealkylation sites (tertiary alicyclic amines) is 1. The molecule has 3 N–H and O–H groups in total. The van der Waals surface area contributed by atoms with E-state index in [0.29, 0.717) is 18.7 Å². The highest BCUT2D eigenvalue weighted by Crippen LogP contribution is 2.34. The van der Waals surface area contributed by atoms with Crippen molar-refractivity contribution >= 4 is 34.9 Å². The molecule has 2 heterocycles. The van der Waals surface area contributed by atoms with Crippen LogP contribution in [0.25, 0.3) is 6.08 Å². The zero-order valence-corrected chi connectivity index (χ0v) is 15.7. The third kappa shape index (κ3) is 4.25. The molecule has 144 valence electrons. The lowest BCUT2D eigenvalue weighted by Crippen LogP contribution is -2.49. The second-order valence-electron chi connectivity index (χ2n) is 6.44. The minimum atomic E-state index is -0.508. The summed E-state index contributed by atoms with van der Waals surface area (Å²) in [5, 5.41) is 9.16. The molecule has 1 unspecified atom stereocenters. The highest BCUT2D eigenvalue weighted by atomic mass is 32.2. The Morgan fingerprint density at radius 1 is 1.44 bits per heavy atom. The van der Waals surface area contributed by atoms with Crippen molar-refractivity contribution in [2.45, 2.75) is 18.9 Å². The van der Waals surface area contributed by atoms with Gasteiger partial charge < -0.3 is 20.5 Å². The molecule has 2 saturated heterocycles. The number of phenols is 1. The number of carbonyl (C=O) groups is 3. The summed E-state index contributed by atoms with van der Waals surface area (Å²) in [4.78, 5) is 40.0. The van der Waals surface area contributed by atoms with Crippen LogP contribution in [0.1, 0.15) is 18.4 Å². The van der Waals surface area contributed by atoms with Gasteiger partial charge in [0.15, 0.2) is 11.5 Å². The van der Waals surface area contributed by atoms with E-state index in [1.54, 1.807) is 17.0 Å². The Hall–Kier alpha value is -2.52. The van der Waals surface area contributed by atoms with Crippen LogP contribution in [0.15, 0.2) is 23.1 Å². The molecule has 0 spiro atoms. The maximum absolute atomic E-state index is 12.6. The van der Waals surface area contributed by atoms with E-state index in [9.17, 15) is 19.5 Å². The summed E-state index contributed by atoms with van der Waals surface area (Å²) in [6.07, 6.45) is 3.22. The van der Waals surface area contributed by atoms with Crippen molar-refractivity contribution in [2.75, 3.05) is 26.7 Å². The van der Waals surface area contributed by atoms with Crippen LogP contribution in [-0.2, 0) is 9.59 Å². The topological polar surface area (TPSA) is 113 Å². The zero-order chi connectivity index (χ0) is 19.6. The molecule has 2 fully saturated rings. The molecule has 0 bridgehead atoms. The quantitative estimate of drug-likeness (QED) is 0.746. The molecule has 3 amide bonds. The Bertz CT molecular complexity index is 810. The van der Waals surface area contributed by atoms with Crippen LogP contribution < -0.4 is 10.5 Å². The van der Waals surface area contributed by atoms with Crippen LogP contribution in [0.4, 0.5) is 4.79 Å². The van der Waals surface area contributed by atoms with E-state index in [0.717, 1.165) is 29.5 Å². The van der Waals surface area contributed by atoms with Gasteiger partial charge in [-0.1, -0.05) is 6.07 Å². The molecule has 3 rings (SSSR count). The Kier molecular flexibility index (Phi) is 5.71. The van der Waals surface area contributed by atoms with Gasteiger partial charge in [-0.2, -0.15) is 0 Å². The molecule has 27 heavy (non-hydrogen) atoms. The van der Waals surface area contributed by atoms with Gasteiger partial charge in [0.2, 0.25) is 5.91 Å². The summed E-state index contributed by atoms with van der Waals surface area (Å²) in [5.41, 5.74) is 6.49. The van der Waals surface area contributed by atoms with Crippen molar-refractivity contribution in [1.82, 2.24) is 9.80 Å². The fraction of sp³-hybridized carbons (Fsp3) is 0.389. The average Bonchev–Trinajstić information content (AvgIpc) is 2.90. The normalized spacial score (nSPS) is 21.9. The first-order valence-corrected chi connectivity index (χ1v) is 9.36. The van der Waals surface area contributed by atoms with Gasteiger partial charge in [-0.25, -0.2) is 0 Å². The molecule has 1 aromatic carbocycles. The van der Waals surface area contributed by atoms with E-state index in [1.807, 2.05) is 0 Å². The number of benzene rings is 1. The number of methoxy groups -OCH3 is 1. The number of phenolic OH excluding ortho intramolecular Hbond substituents is 1. The Morgan fingerprint density at radius 3 is 2.93 bits per heavy atom. The van der Waals surface area contributed by atoms with Gasteiger partial charge in [0.25, 0.3) is 11.1 Å². The second kappa shape index (κ2) is 8.01. The number of carbonyl (C=O) groups excluding carboxylic acids is 3. The van der Waals surface area contributed by atoms with Crippen molar-refractivity contribution in [3.8, 4) is 11.5 Å². The maximum atomic E-state index is 12.6. The SMILES string of the molecule is COc1cc(C=C2SC(=O)N(CC(=O)N3CCCC(N)C3)C2=O)ccc1O. The maximum Gasteiger partial charge on any atom is 0.294 e. The molecule has 0 saturated carbocycles. The number of ether oxygens (including phenoxy) is 1. The lowest BCUT2D eigenvalue weighted by Gasteiger charge is -2.31. The summed E-state index contributed by atoms with van der Waals surface area (Å²) >= 11 is 0.783. The first kappa shape index (κ1) is 19.2. The highest BCUT2D eigenvalue weighted by Gasteiger charge is 2.37. The lowest BCUT2D eigenvalue weighted by molar-refractivity contribution is -0.136. The number of hydrogen-bond donors (Lipinski definition) is 2. The monoisotopic (exact) mass is 391 g/mol. The van der Waals surface area contributed by atoms with Gasteiger partial charge in [0.05, 0.1) is 12.0 Å². The number of aromatic hydroxyl groups is 1. The molecule has 8 nitrogen and oxygen atoms in total. The van der Waals surface area contributed by atoms with Crippen molar-refractivity contribution in [1.29, 1.82) is 0 Å². The lowest BCUT2D eigenvalue weighted by atomic mass is 10.1. The number of piperidine rings is 1. The molecule has 2 aliphatic heterocycles. The first-order chi connectivity index (χ1) is 12.9. The Balaban J connectivity index is 1.72. The smallest absolute Gasteiger partial charge is 0.294 e. The number of imide groups is 1. The van der Waals surface area contributed by atoms with Gasteiger partial charge in [0.1, 0.15) is 6.54 Å². The summed E-state index contributed by atoms with van der Waals surface area (Å²) in [5.74, 6) is -0.542. The largest absolute Gasteiger partial charge is 0.504 e. The summed E-state index contributed by atoms with van der Waals surface area (Å²) < 4.78 is 5.04. The molecule has 9 heteroatoms. The van der Waals surface area contributed by atoms with E-state index in [-0.39, 0.29) is 34.9 Å². The standard InChI is InChI=1S/C18H21N3O5S/c1-26-14-7-11(4-5-13(14)22)8-15-17(24)21(18(25)27-15)10-16(23)20-6-2-3-12(19)9-20/h4-5,7-8,12,22H,2-3,6,9-10,19H2,1H3. The van der Waals surface area contributed by atoms with E-state index in [4.69, 9.17) is 10.5 Å². The van der Waals surface area contributed by atoms with Crippen LogP contribution in [0.5, 0.6) is 11.5 Å². The van der Waals surface area contributed by atoms with E-state index < -0.39 is 11.1 Å². The van der Waals surface area contributed by atoms with Crippen molar-refractivity contribution in [3.05, 3.63) is 28.7 Å². The second-order valence-corrected chi connectivity index (χ2v) is 7.43. The summed E-state index contributed by atoms with van der Waals surface area (Å²) in [6, 6.07) is 4.54. The third-order valence-electron chi connectivity index (χ3n) is 4.48. The summed E-state index contributed by atoms with van der Waals surface area (Å²) in [7, 11) is 1.42. The zero-order valence-electron chi connectivity index (χ0n) is 14.9. The number of thioether (sulfide) groups is 1. The predicted molar refractivity (Wildman–Crippen MR) is 101 cm³/mol. The van der Waals surface area contributed by atoms with E-state index >= 15 is 0 Å². The number of hydrogen-bond acceptors (Lipinski definition) is 7. The van der Waals surface area contributed by atoms with Crippen molar-refractivity contribution in [3.63, 3.8) is 0 Å². The fourth-order valence-electron chi connectivity index (χ4n) is 3.04. The van der Waals surface area contributed by atoms with Crippen molar-refractivity contribution < 1.29 is 24.2 Å². The Labute approximate surface area is 160 Å². The number of rotatable bonds is 4. The molecule has 0 aromatic heterocycles. The number of nitrogens with two attached hydrogens (primary N) is 1. The van der Waals surface area contributed by atoms with Gasteiger partial charge in [0, 0.05) is 19.1 Å². The van der Waals surface area contributed by atoms with E-state index in [1.165, 1.54) is 19.3 Å². The number of amides is 3.